The summed E-state index contributed by atoms with van der Waals surface area (Å²) in [5.74, 6) is -0.185. The number of carbonyl (C=O) groups excluding carboxylic acids is 1. The van der Waals surface area contributed by atoms with Gasteiger partial charge >= 0.3 is 5.97 Å². The van der Waals surface area contributed by atoms with E-state index in [1.165, 1.54) is 5.56 Å². The molecule has 1 aromatic rings. The maximum absolute atomic E-state index is 12.4. The molecule has 0 spiro atoms. The van der Waals surface area contributed by atoms with E-state index in [0.29, 0.717) is 0 Å². The normalized spacial score (nSPS) is 20.9. The summed E-state index contributed by atoms with van der Waals surface area (Å²) >= 11 is 7.41. The molecule has 0 saturated carbocycles. The van der Waals surface area contributed by atoms with Crippen LogP contribution in [0.15, 0.2) is 40.9 Å². The van der Waals surface area contributed by atoms with Gasteiger partial charge in [-0.15, -0.1) is 0 Å². The third-order valence-corrected chi connectivity index (χ3v) is 5.98. The fraction of sp³-hybridized carbons (Fsp3) is 0.444. The molecule has 0 radical (unpaired) electrons. The van der Waals surface area contributed by atoms with Gasteiger partial charge in [-0.3, -0.25) is 0 Å². The minimum absolute atomic E-state index is 0.0931. The van der Waals surface area contributed by atoms with E-state index >= 15 is 0 Å². The molecule has 2 aliphatic heterocycles. The number of benzene rings is 1. The molecular weight excluding hydrogens is 326 g/mol. The van der Waals surface area contributed by atoms with Crippen molar-refractivity contribution >= 4 is 34.9 Å². The molecule has 1 aromatic carbocycles. The van der Waals surface area contributed by atoms with Crippen LogP contribution in [0.2, 0.25) is 0 Å². The number of thiocarbonyl (C=S) groups is 1. The van der Waals surface area contributed by atoms with Crippen molar-refractivity contribution in [3.8, 4) is 0 Å². The zero-order valence-electron chi connectivity index (χ0n) is 13.5. The third kappa shape index (κ3) is 3.61. The molecule has 0 bridgehead atoms. The summed E-state index contributed by atoms with van der Waals surface area (Å²) in [4.78, 5) is 15.5. The van der Waals surface area contributed by atoms with Crippen molar-refractivity contribution in [2.75, 3.05) is 6.54 Å². The molecule has 0 amide bonds. The van der Waals surface area contributed by atoms with Crippen molar-refractivity contribution in [2.45, 2.75) is 44.5 Å². The summed E-state index contributed by atoms with van der Waals surface area (Å²) in [6, 6.07) is 10.4. The van der Waals surface area contributed by atoms with Gasteiger partial charge in [-0.2, -0.15) is 0 Å². The molecule has 23 heavy (non-hydrogen) atoms. The lowest BCUT2D eigenvalue weighted by atomic mass is 10.1. The van der Waals surface area contributed by atoms with Crippen LogP contribution >= 0.6 is 24.0 Å². The minimum Gasteiger partial charge on any atom is -0.460 e. The van der Waals surface area contributed by atoms with E-state index in [9.17, 15) is 4.79 Å². The number of thioether (sulfide) groups is 1. The fourth-order valence-corrected chi connectivity index (χ4v) is 4.81. The van der Waals surface area contributed by atoms with Crippen LogP contribution < -0.4 is 0 Å². The Morgan fingerprint density at radius 2 is 2.13 bits per heavy atom. The standard InChI is InChI=1S/C18H21NO2S2/c1-12(2)21-18(20)14-9-6-10-19-16(22)15(23-17(14)19)11-13-7-4-3-5-8-13/h3-5,7-8,12,15H,6,9-11H2,1-2H3. The summed E-state index contributed by atoms with van der Waals surface area (Å²) in [5, 5.41) is 1.25. The molecular formula is C18H21NO2S2. The van der Waals surface area contributed by atoms with E-state index < -0.39 is 0 Å². The molecule has 0 N–H and O–H groups in total. The first-order chi connectivity index (χ1) is 11.1. The Hall–Kier alpha value is -1.33. The topological polar surface area (TPSA) is 29.5 Å². The molecule has 0 aliphatic carbocycles. The highest BCUT2D eigenvalue weighted by Gasteiger charge is 2.38. The summed E-state index contributed by atoms with van der Waals surface area (Å²) < 4.78 is 5.41. The number of hydrogen-bond acceptors (Lipinski definition) is 4. The second kappa shape index (κ2) is 7.05. The van der Waals surface area contributed by atoms with Crippen molar-refractivity contribution in [3.63, 3.8) is 0 Å². The number of ether oxygens (including phenoxy) is 1. The first-order valence-electron chi connectivity index (χ1n) is 8.02. The molecule has 122 valence electrons. The second-order valence-corrected chi connectivity index (χ2v) is 7.74. The van der Waals surface area contributed by atoms with Crippen LogP contribution in [0, 0.1) is 0 Å². The predicted octanol–water partition coefficient (Wildman–Crippen LogP) is 3.93. The smallest absolute Gasteiger partial charge is 0.336 e. The predicted molar refractivity (Wildman–Crippen MR) is 98.3 cm³/mol. The van der Waals surface area contributed by atoms with Gasteiger partial charge in [0.05, 0.1) is 26.9 Å². The minimum atomic E-state index is -0.185. The van der Waals surface area contributed by atoms with Gasteiger partial charge in [0.1, 0.15) is 0 Å². The fourth-order valence-electron chi connectivity index (χ4n) is 2.92. The van der Waals surface area contributed by atoms with Crippen LogP contribution in [0.1, 0.15) is 32.3 Å². The van der Waals surface area contributed by atoms with Gasteiger partial charge < -0.3 is 9.64 Å². The molecule has 1 unspecified atom stereocenters. The lowest BCUT2D eigenvalue weighted by molar-refractivity contribution is -0.143. The molecule has 0 aromatic heterocycles. The van der Waals surface area contributed by atoms with Crippen LogP contribution in [0.4, 0.5) is 0 Å². The molecule has 2 aliphatic rings. The van der Waals surface area contributed by atoms with E-state index in [1.807, 2.05) is 19.9 Å². The van der Waals surface area contributed by atoms with Crippen LogP contribution in [0.3, 0.4) is 0 Å². The Balaban J connectivity index is 1.81. The first kappa shape index (κ1) is 16.5. The average Bonchev–Trinajstić information content (AvgIpc) is 2.84. The summed E-state index contributed by atoms with van der Waals surface area (Å²) in [6.07, 6.45) is 2.54. The Morgan fingerprint density at radius 1 is 1.39 bits per heavy atom. The molecule has 3 nitrogen and oxygen atoms in total. The molecule has 3 rings (SSSR count). The zero-order valence-corrected chi connectivity index (χ0v) is 15.1. The van der Waals surface area contributed by atoms with Gasteiger partial charge in [0, 0.05) is 6.54 Å². The van der Waals surface area contributed by atoms with E-state index in [2.05, 4.69) is 29.2 Å². The largest absolute Gasteiger partial charge is 0.460 e. The molecule has 2 heterocycles. The Labute approximate surface area is 147 Å². The quantitative estimate of drug-likeness (QED) is 0.608. The van der Waals surface area contributed by atoms with Crippen molar-refractivity contribution in [2.24, 2.45) is 0 Å². The maximum atomic E-state index is 12.4. The first-order valence-corrected chi connectivity index (χ1v) is 9.31. The Bertz CT molecular complexity index is 640. The van der Waals surface area contributed by atoms with Crippen LogP contribution in [-0.4, -0.2) is 33.8 Å². The second-order valence-electron chi connectivity index (χ2n) is 6.13. The summed E-state index contributed by atoms with van der Waals surface area (Å²) in [5.41, 5.74) is 2.08. The number of rotatable bonds is 4. The van der Waals surface area contributed by atoms with Gasteiger partial charge in [-0.25, -0.2) is 4.79 Å². The number of nitrogens with zero attached hydrogens (tertiary/aromatic N) is 1. The van der Waals surface area contributed by atoms with Crippen LogP contribution in [0.25, 0.3) is 0 Å². The van der Waals surface area contributed by atoms with Crippen molar-refractivity contribution in [1.82, 2.24) is 4.90 Å². The van der Waals surface area contributed by atoms with Crippen LogP contribution in [-0.2, 0) is 16.0 Å². The monoisotopic (exact) mass is 347 g/mol. The van der Waals surface area contributed by atoms with Crippen molar-refractivity contribution in [3.05, 3.63) is 46.5 Å². The number of carbonyl (C=O) groups is 1. The van der Waals surface area contributed by atoms with E-state index in [1.54, 1.807) is 11.8 Å². The maximum Gasteiger partial charge on any atom is 0.336 e. The summed E-state index contributed by atoms with van der Waals surface area (Å²) in [6.45, 7) is 4.67. The summed E-state index contributed by atoms with van der Waals surface area (Å²) in [7, 11) is 0. The zero-order chi connectivity index (χ0) is 16.4. The van der Waals surface area contributed by atoms with E-state index in [-0.39, 0.29) is 17.3 Å². The van der Waals surface area contributed by atoms with Gasteiger partial charge in [0.25, 0.3) is 0 Å². The van der Waals surface area contributed by atoms with Crippen molar-refractivity contribution in [1.29, 1.82) is 0 Å². The SMILES string of the molecule is CC(C)OC(=O)C1=C2SC(Cc3ccccc3)C(=S)N2CCC1. The lowest BCUT2D eigenvalue weighted by Crippen LogP contribution is -2.32. The van der Waals surface area contributed by atoms with Crippen molar-refractivity contribution < 1.29 is 9.53 Å². The van der Waals surface area contributed by atoms with Gasteiger partial charge in [0.2, 0.25) is 0 Å². The average molecular weight is 348 g/mol. The molecule has 5 heteroatoms. The Morgan fingerprint density at radius 3 is 2.83 bits per heavy atom. The Kier molecular flexibility index (Phi) is 5.07. The third-order valence-electron chi connectivity index (χ3n) is 3.96. The van der Waals surface area contributed by atoms with Crippen LogP contribution in [0.5, 0.6) is 0 Å². The highest BCUT2D eigenvalue weighted by molar-refractivity contribution is 8.06. The lowest BCUT2D eigenvalue weighted by Gasteiger charge is -2.26. The van der Waals surface area contributed by atoms with Gasteiger partial charge in [-0.05, 0) is 38.7 Å². The molecule has 1 saturated heterocycles. The van der Waals surface area contributed by atoms with E-state index in [0.717, 1.165) is 41.4 Å². The highest BCUT2D eigenvalue weighted by atomic mass is 32.2. The molecule has 1 fully saturated rings. The highest BCUT2D eigenvalue weighted by Crippen LogP contribution is 2.43. The van der Waals surface area contributed by atoms with Gasteiger partial charge in [-0.1, -0.05) is 54.3 Å². The van der Waals surface area contributed by atoms with Gasteiger partial charge in [0.15, 0.2) is 0 Å². The number of hydrogen-bond donors (Lipinski definition) is 0. The molecule has 1 atom stereocenters. The number of fused-ring (bicyclic) bond motifs is 1. The number of esters is 1. The van der Waals surface area contributed by atoms with E-state index in [4.69, 9.17) is 17.0 Å².